The van der Waals surface area contributed by atoms with Gasteiger partial charge in [-0.1, -0.05) is 0 Å². The van der Waals surface area contributed by atoms with Gasteiger partial charge < -0.3 is 9.67 Å². The number of pyridine rings is 1. The van der Waals surface area contributed by atoms with Crippen molar-refractivity contribution in [3.05, 3.63) is 40.1 Å². The maximum Gasteiger partial charge on any atom is 0.357 e. The zero-order valence-electron chi connectivity index (χ0n) is 11.1. The number of H-pyrrole nitrogens is 1. The van der Waals surface area contributed by atoms with Crippen LogP contribution in [0.15, 0.2) is 28.0 Å². The molecular formula is C11H12N4O5S. The highest BCUT2D eigenvalue weighted by Crippen LogP contribution is 2.20. The predicted octanol–water partition coefficient (Wildman–Crippen LogP) is -0.0842. The first-order chi connectivity index (χ1) is 9.72. The monoisotopic (exact) mass is 312 g/mol. The summed E-state index contributed by atoms with van der Waals surface area (Å²) in [7, 11) is -2.68. The Balaban J connectivity index is 2.48. The molecule has 0 radical (unpaired) electrons. The lowest BCUT2D eigenvalue weighted by molar-refractivity contribution is 0.0686. The lowest BCUT2D eigenvalue weighted by Crippen LogP contribution is -2.20. The lowest BCUT2D eigenvalue weighted by atomic mass is 10.4. The SMILES string of the molecule is Cc1[nH]nc(C(=O)O)c1S(=O)(=O)Nc1ccc(=O)n(C)c1. The fourth-order valence-electron chi connectivity index (χ4n) is 1.75. The van der Waals surface area contributed by atoms with Gasteiger partial charge >= 0.3 is 5.97 Å². The number of aromatic carboxylic acids is 1. The summed E-state index contributed by atoms with van der Waals surface area (Å²) < 4.78 is 28.0. The van der Waals surface area contributed by atoms with Crippen LogP contribution in [0.3, 0.4) is 0 Å². The Bertz CT molecular complexity index is 865. The van der Waals surface area contributed by atoms with Crippen molar-refractivity contribution in [2.45, 2.75) is 11.8 Å². The maximum atomic E-state index is 12.3. The van der Waals surface area contributed by atoms with Gasteiger partial charge in [-0.25, -0.2) is 13.2 Å². The molecular weight excluding hydrogens is 300 g/mol. The second-order valence-corrected chi connectivity index (χ2v) is 5.92. The molecule has 0 aliphatic carbocycles. The molecule has 0 spiro atoms. The standard InChI is InChI=1S/C11H12N4O5S/c1-6-10(9(11(17)18)13-12-6)21(19,20)14-7-3-4-8(16)15(2)5-7/h3-5,14H,1-2H3,(H,12,13)(H,17,18). The minimum atomic E-state index is -4.15. The van der Waals surface area contributed by atoms with E-state index in [0.717, 1.165) is 0 Å². The Morgan fingerprint density at radius 3 is 2.67 bits per heavy atom. The molecule has 2 rings (SSSR count). The molecule has 21 heavy (non-hydrogen) atoms. The summed E-state index contributed by atoms with van der Waals surface area (Å²) in [6.07, 6.45) is 1.29. The Labute approximate surface area is 119 Å². The fourth-order valence-corrected chi connectivity index (χ4v) is 3.12. The fraction of sp³-hybridized carbons (Fsp3) is 0.182. The molecule has 0 atom stereocenters. The highest BCUT2D eigenvalue weighted by Gasteiger charge is 2.28. The zero-order chi connectivity index (χ0) is 15.8. The quantitative estimate of drug-likeness (QED) is 0.722. The van der Waals surface area contributed by atoms with Crippen LogP contribution in [-0.2, 0) is 17.1 Å². The van der Waals surface area contributed by atoms with Crippen LogP contribution < -0.4 is 10.3 Å². The molecule has 2 aromatic heterocycles. The first-order valence-corrected chi connectivity index (χ1v) is 7.18. The van der Waals surface area contributed by atoms with Gasteiger partial charge in [0.05, 0.1) is 11.4 Å². The molecule has 0 amide bonds. The van der Waals surface area contributed by atoms with E-state index < -0.39 is 26.6 Å². The normalized spacial score (nSPS) is 11.3. The summed E-state index contributed by atoms with van der Waals surface area (Å²) in [6, 6.07) is 2.48. The van der Waals surface area contributed by atoms with Crippen LogP contribution in [-0.4, -0.2) is 34.3 Å². The van der Waals surface area contributed by atoms with Crippen LogP contribution in [0.25, 0.3) is 0 Å². The largest absolute Gasteiger partial charge is 0.476 e. The number of hydrogen-bond acceptors (Lipinski definition) is 5. The molecule has 2 heterocycles. The first-order valence-electron chi connectivity index (χ1n) is 5.70. The number of aromatic nitrogens is 3. The summed E-state index contributed by atoms with van der Waals surface area (Å²) >= 11 is 0. The lowest BCUT2D eigenvalue weighted by Gasteiger charge is -2.09. The van der Waals surface area contributed by atoms with Gasteiger partial charge in [-0.2, -0.15) is 5.10 Å². The molecule has 3 N–H and O–H groups in total. The zero-order valence-corrected chi connectivity index (χ0v) is 11.9. The van der Waals surface area contributed by atoms with E-state index in [9.17, 15) is 18.0 Å². The Morgan fingerprint density at radius 1 is 1.43 bits per heavy atom. The number of nitrogens with zero attached hydrogens (tertiary/aromatic N) is 2. The minimum absolute atomic E-state index is 0.102. The number of aromatic amines is 1. The van der Waals surface area contributed by atoms with Crippen molar-refractivity contribution in [1.82, 2.24) is 14.8 Å². The van der Waals surface area contributed by atoms with Gasteiger partial charge in [0.1, 0.15) is 4.90 Å². The molecule has 0 unspecified atom stereocenters. The predicted molar refractivity (Wildman–Crippen MR) is 72.8 cm³/mol. The topological polar surface area (TPSA) is 134 Å². The van der Waals surface area contributed by atoms with Crippen LogP contribution >= 0.6 is 0 Å². The van der Waals surface area contributed by atoms with Crippen molar-refractivity contribution in [1.29, 1.82) is 0 Å². The van der Waals surface area contributed by atoms with Gasteiger partial charge in [0.2, 0.25) is 5.56 Å². The number of nitrogens with one attached hydrogen (secondary N) is 2. The van der Waals surface area contributed by atoms with Gasteiger partial charge in [-0.3, -0.25) is 14.6 Å². The van der Waals surface area contributed by atoms with Crippen molar-refractivity contribution in [3.63, 3.8) is 0 Å². The number of aryl methyl sites for hydroxylation is 2. The van der Waals surface area contributed by atoms with E-state index in [0.29, 0.717) is 0 Å². The van der Waals surface area contributed by atoms with Crippen LogP contribution in [0.4, 0.5) is 5.69 Å². The maximum absolute atomic E-state index is 12.3. The van der Waals surface area contributed by atoms with E-state index in [1.807, 2.05) is 0 Å². The average Bonchev–Trinajstić information content (AvgIpc) is 2.76. The van der Waals surface area contributed by atoms with Crippen molar-refractivity contribution < 1.29 is 18.3 Å². The highest BCUT2D eigenvalue weighted by atomic mass is 32.2. The van der Waals surface area contributed by atoms with Gasteiger partial charge in [0.15, 0.2) is 5.69 Å². The number of rotatable bonds is 4. The average molecular weight is 312 g/mol. The first kappa shape index (κ1) is 14.8. The third kappa shape index (κ3) is 2.79. The number of carbonyl (C=O) groups is 1. The number of carboxylic acids is 1. The second kappa shape index (κ2) is 5.05. The van der Waals surface area contributed by atoms with Gasteiger partial charge in [0.25, 0.3) is 10.0 Å². The van der Waals surface area contributed by atoms with E-state index in [-0.39, 0.29) is 16.9 Å². The van der Waals surface area contributed by atoms with Crippen LogP contribution in [0.2, 0.25) is 0 Å². The smallest absolute Gasteiger partial charge is 0.357 e. The van der Waals surface area contributed by atoms with Crippen LogP contribution in [0, 0.1) is 6.92 Å². The van der Waals surface area contributed by atoms with Crippen molar-refractivity contribution in [2.24, 2.45) is 7.05 Å². The molecule has 9 nitrogen and oxygen atoms in total. The molecule has 10 heteroatoms. The van der Waals surface area contributed by atoms with Crippen LogP contribution in [0.1, 0.15) is 16.2 Å². The van der Waals surface area contributed by atoms with Gasteiger partial charge in [-0.15, -0.1) is 0 Å². The number of anilines is 1. The van der Waals surface area contributed by atoms with E-state index in [2.05, 4.69) is 14.9 Å². The Hall–Kier alpha value is -2.62. The molecule has 0 aliphatic heterocycles. The van der Waals surface area contributed by atoms with Gasteiger partial charge in [-0.05, 0) is 13.0 Å². The van der Waals surface area contributed by atoms with Crippen molar-refractivity contribution in [3.8, 4) is 0 Å². The summed E-state index contributed by atoms with van der Waals surface area (Å²) in [5, 5.41) is 14.8. The third-order valence-corrected chi connectivity index (χ3v) is 4.24. The molecule has 0 fully saturated rings. The van der Waals surface area contributed by atoms with E-state index >= 15 is 0 Å². The second-order valence-electron chi connectivity index (χ2n) is 4.30. The van der Waals surface area contributed by atoms with Crippen molar-refractivity contribution in [2.75, 3.05) is 4.72 Å². The molecule has 0 aliphatic rings. The number of hydrogen-bond donors (Lipinski definition) is 3. The van der Waals surface area contributed by atoms with E-state index in [4.69, 9.17) is 5.11 Å². The van der Waals surface area contributed by atoms with E-state index in [1.165, 1.54) is 36.9 Å². The molecule has 0 aromatic carbocycles. The molecule has 0 bridgehead atoms. The third-order valence-electron chi connectivity index (χ3n) is 2.70. The minimum Gasteiger partial charge on any atom is -0.476 e. The number of sulfonamides is 1. The number of carboxylic acid groups (broad SMARTS) is 1. The summed E-state index contributed by atoms with van der Waals surface area (Å²) in [5.41, 5.74) is -0.660. The van der Waals surface area contributed by atoms with Crippen LogP contribution in [0.5, 0.6) is 0 Å². The Morgan fingerprint density at radius 2 is 2.10 bits per heavy atom. The summed E-state index contributed by atoms with van der Waals surface area (Å²) in [6.45, 7) is 1.40. The summed E-state index contributed by atoms with van der Waals surface area (Å²) in [4.78, 5) is 21.8. The van der Waals surface area contributed by atoms with E-state index in [1.54, 1.807) is 0 Å². The van der Waals surface area contributed by atoms with Crippen molar-refractivity contribution >= 4 is 21.7 Å². The molecule has 0 saturated heterocycles. The molecule has 2 aromatic rings. The summed E-state index contributed by atoms with van der Waals surface area (Å²) in [5.74, 6) is -1.46. The molecule has 0 saturated carbocycles. The Kier molecular flexibility index (Phi) is 3.56. The molecule has 112 valence electrons. The van der Waals surface area contributed by atoms with Gasteiger partial charge in [0, 0.05) is 19.3 Å². The highest BCUT2D eigenvalue weighted by molar-refractivity contribution is 7.92.